The maximum Gasteiger partial charge on any atom is 0.422 e. The van der Waals surface area contributed by atoms with Crippen LogP contribution in [0.1, 0.15) is 36.5 Å². The summed E-state index contributed by atoms with van der Waals surface area (Å²) in [6, 6.07) is 22.3. The molecule has 0 radical (unpaired) electrons. The number of alkyl carbamates (subject to hydrolysis) is 1. The molecule has 216 valence electrons. The second kappa shape index (κ2) is 12.0. The van der Waals surface area contributed by atoms with E-state index in [1.54, 1.807) is 30.3 Å². The van der Waals surface area contributed by atoms with Gasteiger partial charge in [-0.3, -0.25) is 4.79 Å². The van der Waals surface area contributed by atoms with E-state index in [0.29, 0.717) is 12.5 Å². The molecule has 0 aliphatic heterocycles. The van der Waals surface area contributed by atoms with E-state index in [9.17, 15) is 32.7 Å². The third kappa shape index (κ3) is 6.35. The highest BCUT2D eigenvalue weighted by Gasteiger charge is 2.59. The number of fused-ring (bicyclic) bond motifs is 3. The van der Waals surface area contributed by atoms with Crippen molar-refractivity contribution in [3.8, 4) is 11.1 Å². The standard InChI is InChI=1S/C30H29F3N2O6/c1-18(40-16-19-10-4-3-5-11-19)25(26(36)35-29(2,27(37)38)30(31,32)33)34-28(39)41-17-24-22-14-8-6-12-20(22)21-13-7-9-15-23(21)24/h3-15,18,24-25H,16-17H2,1-2H3,(H,34,39)(H,35,36)(H,37,38)/t18-,25+,29?/m0/s1. The number of rotatable bonds is 10. The van der Waals surface area contributed by atoms with Crippen LogP contribution < -0.4 is 10.6 Å². The summed E-state index contributed by atoms with van der Waals surface area (Å²) in [4.78, 5) is 37.5. The molecule has 0 spiro atoms. The van der Waals surface area contributed by atoms with Crippen molar-refractivity contribution in [1.29, 1.82) is 0 Å². The molecule has 4 rings (SSSR count). The molecule has 3 atom stereocenters. The van der Waals surface area contributed by atoms with E-state index in [1.807, 2.05) is 48.5 Å². The predicted molar refractivity (Wildman–Crippen MR) is 143 cm³/mol. The van der Waals surface area contributed by atoms with Crippen molar-refractivity contribution in [3.63, 3.8) is 0 Å². The normalized spacial score (nSPS) is 15.5. The van der Waals surface area contributed by atoms with Crippen LogP contribution in [0.3, 0.4) is 0 Å². The molecule has 41 heavy (non-hydrogen) atoms. The van der Waals surface area contributed by atoms with Gasteiger partial charge in [0.15, 0.2) is 0 Å². The molecule has 0 saturated heterocycles. The largest absolute Gasteiger partial charge is 0.479 e. The van der Waals surface area contributed by atoms with Gasteiger partial charge in [0.05, 0.1) is 12.7 Å². The first-order valence-electron chi connectivity index (χ1n) is 12.8. The van der Waals surface area contributed by atoms with Crippen molar-refractivity contribution in [3.05, 3.63) is 95.6 Å². The van der Waals surface area contributed by atoms with Gasteiger partial charge in [0, 0.05) is 5.92 Å². The Morgan fingerprint density at radius 3 is 1.98 bits per heavy atom. The molecule has 8 nitrogen and oxygen atoms in total. The Bertz CT molecular complexity index is 1370. The molecule has 1 aliphatic carbocycles. The molecule has 1 unspecified atom stereocenters. The second-order valence-corrected chi connectivity index (χ2v) is 9.87. The number of carbonyl (C=O) groups is 3. The second-order valence-electron chi connectivity index (χ2n) is 9.87. The van der Waals surface area contributed by atoms with Crippen LogP contribution in [0.2, 0.25) is 0 Å². The van der Waals surface area contributed by atoms with Crippen molar-refractivity contribution in [1.82, 2.24) is 10.6 Å². The fraction of sp³-hybridized carbons (Fsp3) is 0.300. The average molecular weight is 571 g/mol. The van der Waals surface area contributed by atoms with Crippen molar-refractivity contribution in [2.75, 3.05) is 6.61 Å². The lowest BCUT2D eigenvalue weighted by Gasteiger charge is -2.32. The van der Waals surface area contributed by atoms with Gasteiger partial charge >= 0.3 is 18.2 Å². The quantitative estimate of drug-likeness (QED) is 0.316. The first kappa shape index (κ1) is 29.6. The van der Waals surface area contributed by atoms with E-state index in [-0.39, 0.29) is 19.1 Å². The Balaban J connectivity index is 1.50. The van der Waals surface area contributed by atoms with Crippen LogP contribution in [0.5, 0.6) is 0 Å². The summed E-state index contributed by atoms with van der Waals surface area (Å²) >= 11 is 0. The number of amides is 2. The summed E-state index contributed by atoms with van der Waals surface area (Å²) in [6.07, 6.45) is -7.56. The number of hydrogen-bond donors (Lipinski definition) is 3. The highest BCUT2D eigenvalue weighted by Crippen LogP contribution is 2.44. The summed E-state index contributed by atoms with van der Waals surface area (Å²) in [5.41, 5.74) is 0.986. The topological polar surface area (TPSA) is 114 Å². The van der Waals surface area contributed by atoms with Crippen molar-refractivity contribution >= 4 is 18.0 Å². The molecule has 11 heteroatoms. The van der Waals surface area contributed by atoms with E-state index in [2.05, 4.69) is 5.32 Å². The highest BCUT2D eigenvalue weighted by molar-refractivity contribution is 5.92. The summed E-state index contributed by atoms with van der Waals surface area (Å²) in [5, 5.41) is 13.1. The van der Waals surface area contributed by atoms with Gasteiger partial charge in [-0.2, -0.15) is 13.2 Å². The summed E-state index contributed by atoms with van der Waals surface area (Å²) < 4.78 is 52.0. The van der Waals surface area contributed by atoms with E-state index in [4.69, 9.17) is 9.47 Å². The SMILES string of the molecule is C[C@H](OCc1ccccc1)[C@@H](NC(=O)OCC1c2ccccc2-c2ccccc21)C(=O)NC(C)(C(=O)O)C(F)(F)F. The average Bonchev–Trinajstić information content (AvgIpc) is 3.26. The molecule has 0 heterocycles. The van der Waals surface area contributed by atoms with Crippen molar-refractivity contribution in [2.45, 2.75) is 50.2 Å². The Kier molecular flexibility index (Phi) is 8.67. The lowest BCUT2D eigenvalue weighted by molar-refractivity contribution is -0.207. The zero-order valence-corrected chi connectivity index (χ0v) is 22.3. The number of aliphatic carboxylic acids is 1. The molecule has 3 N–H and O–H groups in total. The lowest BCUT2D eigenvalue weighted by atomic mass is 9.98. The smallest absolute Gasteiger partial charge is 0.422 e. The molecule has 3 aromatic carbocycles. The van der Waals surface area contributed by atoms with Crippen LogP contribution in [-0.4, -0.2) is 53.5 Å². The monoisotopic (exact) mass is 570 g/mol. The minimum Gasteiger partial charge on any atom is -0.479 e. The predicted octanol–water partition coefficient (Wildman–Crippen LogP) is 5.02. The fourth-order valence-electron chi connectivity index (χ4n) is 4.63. The summed E-state index contributed by atoms with van der Waals surface area (Å²) in [7, 11) is 0. The third-order valence-corrected chi connectivity index (χ3v) is 7.09. The van der Waals surface area contributed by atoms with Crippen LogP contribution in [0, 0.1) is 0 Å². The number of alkyl halides is 3. The van der Waals surface area contributed by atoms with E-state index < -0.39 is 41.8 Å². The van der Waals surface area contributed by atoms with Crippen LogP contribution in [0.25, 0.3) is 11.1 Å². The highest BCUT2D eigenvalue weighted by atomic mass is 19.4. The van der Waals surface area contributed by atoms with Crippen LogP contribution >= 0.6 is 0 Å². The van der Waals surface area contributed by atoms with Gasteiger partial charge < -0.3 is 25.2 Å². The summed E-state index contributed by atoms with van der Waals surface area (Å²) in [5.74, 6) is -4.01. The zero-order valence-electron chi connectivity index (χ0n) is 22.3. The van der Waals surface area contributed by atoms with E-state index in [1.165, 1.54) is 12.2 Å². The Labute approximate surface area is 234 Å². The number of carboxylic acids is 1. The third-order valence-electron chi connectivity index (χ3n) is 7.09. The molecule has 0 aromatic heterocycles. The maximum atomic E-state index is 13.6. The van der Waals surface area contributed by atoms with Gasteiger partial charge in [-0.1, -0.05) is 78.9 Å². The number of halogens is 3. The van der Waals surface area contributed by atoms with Gasteiger partial charge in [0.25, 0.3) is 0 Å². The molecule has 0 bridgehead atoms. The molecular formula is C30H29F3N2O6. The Morgan fingerprint density at radius 1 is 0.902 bits per heavy atom. The minimum atomic E-state index is -5.32. The van der Waals surface area contributed by atoms with E-state index in [0.717, 1.165) is 22.3 Å². The molecule has 1 aliphatic rings. The van der Waals surface area contributed by atoms with Gasteiger partial charge in [0.1, 0.15) is 12.6 Å². The Hall–Kier alpha value is -4.38. The van der Waals surface area contributed by atoms with Crippen molar-refractivity contribution < 1.29 is 42.1 Å². The summed E-state index contributed by atoms with van der Waals surface area (Å²) in [6.45, 7) is 1.58. The first-order valence-corrected chi connectivity index (χ1v) is 12.8. The molecule has 0 saturated carbocycles. The fourth-order valence-corrected chi connectivity index (χ4v) is 4.63. The molecule has 2 amide bonds. The number of carbonyl (C=O) groups excluding carboxylic acids is 2. The van der Waals surface area contributed by atoms with Crippen molar-refractivity contribution in [2.24, 2.45) is 0 Å². The van der Waals surface area contributed by atoms with Crippen LogP contribution in [0.4, 0.5) is 18.0 Å². The molecule has 3 aromatic rings. The number of ether oxygens (including phenoxy) is 2. The number of hydrogen-bond acceptors (Lipinski definition) is 5. The lowest BCUT2D eigenvalue weighted by Crippen LogP contribution is -2.66. The van der Waals surface area contributed by atoms with Gasteiger partial charge in [-0.05, 0) is 41.7 Å². The minimum absolute atomic E-state index is 0.0202. The molecule has 0 fully saturated rings. The van der Waals surface area contributed by atoms with Crippen LogP contribution in [-0.2, 0) is 25.7 Å². The Morgan fingerprint density at radius 2 is 1.44 bits per heavy atom. The van der Waals surface area contributed by atoms with Crippen LogP contribution in [0.15, 0.2) is 78.9 Å². The zero-order chi connectivity index (χ0) is 29.8. The number of nitrogens with one attached hydrogen (secondary N) is 2. The van der Waals surface area contributed by atoms with Gasteiger partial charge in [-0.15, -0.1) is 0 Å². The number of carboxylic acid groups (broad SMARTS) is 1. The first-order chi connectivity index (χ1) is 19.4. The molecular weight excluding hydrogens is 541 g/mol. The number of benzene rings is 3. The van der Waals surface area contributed by atoms with Gasteiger partial charge in [0.2, 0.25) is 11.4 Å². The maximum absolute atomic E-state index is 13.6. The van der Waals surface area contributed by atoms with Gasteiger partial charge in [-0.25, -0.2) is 9.59 Å². The van der Waals surface area contributed by atoms with E-state index >= 15 is 0 Å².